The number of hydrogen-bond donors (Lipinski definition) is 0. The molecule has 0 bridgehead atoms. The Morgan fingerprint density at radius 1 is 1.14 bits per heavy atom. The molecule has 0 fully saturated rings. The van der Waals surface area contributed by atoms with E-state index in [-0.39, 0.29) is 0 Å². The van der Waals surface area contributed by atoms with Crippen LogP contribution >= 0.6 is 0 Å². The minimum atomic E-state index is 1.23. The van der Waals surface area contributed by atoms with Crippen LogP contribution in [0, 0.1) is 0 Å². The van der Waals surface area contributed by atoms with Crippen LogP contribution in [-0.2, 0) is 0 Å². The lowest BCUT2D eigenvalue weighted by Crippen LogP contribution is -1.97. The van der Waals surface area contributed by atoms with Gasteiger partial charge in [-0.2, -0.15) is 0 Å². The third kappa shape index (κ3) is 2.87. The van der Waals surface area contributed by atoms with Crippen LogP contribution < -0.4 is 0 Å². The van der Waals surface area contributed by atoms with E-state index in [2.05, 4.69) is 32.6 Å². The van der Waals surface area contributed by atoms with Crippen molar-refractivity contribution in [1.29, 1.82) is 0 Å². The fourth-order valence-corrected chi connectivity index (χ4v) is 2.13. The van der Waals surface area contributed by atoms with Crippen LogP contribution in [0.15, 0.2) is 35.5 Å². The highest BCUT2D eigenvalue weighted by molar-refractivity contribution is 5.38. The minimum Gasteiger partial charge on any atom is -0.0988 e. The molecule has 0 spiro atoms. The molecular weight excluding hydrogens is 168 g/mol. The standard InChI is InChI=1S/C14H22/c1-4-12(3)14-11-9-7-6-8-10-13(14)5-2/h4-5H,2,6-11H2,1,3H3/b12-4-,14-13+. The summed E-state index contributed by atoms with van der Waals surface area (Å²) in [5.74, 6) is 0. The average Bonchev–Trinajstić information content (AvgIpc) is 2.17. The van der Waals surface area contributed by atoms with E-state index < -0.39 is 0 Å². The Morgan fingerprint density at radius 3 is 2.36 bits per heavy atom. The molecule has 14 heavy (non-hydrogen) atoms. The van der Waals surface area contributed by atoms with E-state index in [1.807, 2.05) is 0 Å². The van der Waals surface area contributed by atoms with Crippen LogP contribution in [-0.4, -0.2) is 0 Å². The molecule has 0 atom stereocenters. The molecule has 0 aromatic carbocycles. The van der Waals surface area contributed by atoms with Crippen molar-refractivity contribution in [1.82, 2.24) is 0 Å². The number of allylic oxidation sites excluding steroid dienone is 5. The van der Waals surface area contributed by atoms with Crippen molar-refractivity contribution in [2.24, 2.45) is 0 Å². The molecule has 0 unspecified atom stereocenters. The summed E-state index contributed by atoms with van der Waals surface area (Å²) in [6.45, 7) is 8.29. The quantitative estimate of drug-likeness (QED) is 0.587. The zero-order chi connectivity index (χ0) is 10.4. The molecule has 0 saturated carbocycles. The molecule has 0 heterocycles. The maximum absolute atomic E-state index is 3.94. The van der Waals surface area contributed by atoms with Crippen molar-refractivity contribution in [2.75, 3.05) is 0 Å². The Balaban J connectivity index is 2.93. The molecule has 0 heteroatoms. The Morgan fingerprint density at radius 2 is 1.79 bits per heavy atom. The average molecular weight is 190 g/mol. The summed E-state index contributed by atoms with van der Waals surface area (Å²) >= 11 is 0. The molecular formula is C14H22. The monoisotopic (exact) mass is 190 g/mol. The summed E-state index contributed by atoms with van der Waals surface area (Å²) in [6.07, 6.45) is 12.2. The summed E-state index contributed by atoms with van der Waals surface area (Å²) in [6, 6.07) is 0. The molecule has 0 aromatic rings. The van der Waals surface area contributed by atoms with Gasteiger partial charge in [0, 0.05) is 0 Å². The van der Waals surface area contributed by atoms with Gasteiger partial charge in [0.15, 0.2) is 0 Å². The zero-order valence-electron chi connectivity index (χ0n) is 9.60. The van der Waals surface area contributed by atoms with E-state index in [1.165, 1.54) is 49.7 Å². The summed E-state index contributed by atoms with van der Waals surface area (Å²) in [5, 5.41) is 0. The number of hydrogen-bond acceptors (Lipinski definition) is 0. The summed E-state index contributed by atoms with van der Waals surface area (Å²) in [4.78, 5) is 0. The summed E-state index contributed by atoms with van der Waals surface area (Å²) < 4.78 is 0. The fourth-order valence-electron chi connectivity index (χ4n) is 2.13. The number of rotatable bonds is 2. The lowest BCUT2D eigenvalue weighted by molar-refractivity contribution is 0.618. The molecule has 0 aliphatic heterocycles. The molecule has 0 N–H and O–H groups in total. The van der Waals surface area contributed by atoms with Crippen molar-refractivity contribution >= 4 is 0 Å². The highest BCUT2D eigenvalue weighted by Crippen LogP contribution is 2.28. The SMILES string of the molecule is C=C/C1=C(\C(C)=C/C)CCCCCC1. The molecule has 1 rings (SSSR count). The van der Waals surface area contributed by atoms with Gasteiger partial charge in [-0.05, 0) is 50.7 Å². The van der Waals surface area contributed by atoms with Crippen LogP contribution in [0.5, 0.6) is 0 Å². The highest BCUT2D eigenvalue weighted by atomic mass is 14.1. The van der Waals surface area contributed by atoms with Gasteiger partial charge in [-0.25, -0.2) is 0 Å². The normalized spacial score (nSPS) is 25.4. The van der Waals surface area contributed by atoms with E-state index in [1.54, 1.807) is 5.57 Å². The smallest absolute Gasteiger partial charge is 0.0274 e. The predicted molar refractivity (Wildman–Crippen MR) is 64.4 cm³/mol. The van der Waals surface area contributed by atoms with Gasteiger partial charge in [-0.1, -0.05) is 37.1 Å². The lowest BCUT2D eigenvalue weighted by atomic mass is 9.89. The van der Waals surface area contributed by atoms with E-state index in [0.717, 1.165) is 0 Å². The van der Waals surface area contributed by atoms with Crippen LogP contribution in [0.4, 0.5) is 0 Å². The van der Waals surface area contributed by atoms with E-state index in [0.29, 0.717) is 0 Å². The second kappa shape index (κ2) is 5.85. The Bertz CT molecular complexity index is 253. The molecule has 0 nitrogen and oxygen atoms in total. The third-order valence-electron chi connectivity index (χ3n) is 3.17. The van der Waals surface area contributed by atoms with Gasteiger partial charge in [-0.3, -0.25) is 0 Å². The fraction of sp³-hybridized carbons (Fsp3) is 0.571. The molecule has 78 valence electrons. The van der Waals surface area contributed by atoms with Crippen molar-refractivity contribution in [3.05, 3.63) is 35.5 Å². The molecule has 0 aromatic heterocycles. The Kier molecular flexibility index (Phi) is 4.72. The van der Waals surface area contributed by atoms with Gasteiger partial charge in [0.2, 0.25) is 0 Å². The Hall–Kier alpha value is -0.780. The first-order valence-corrected chi connectivity index (χ1v) is 5.77. The van der Waals surface area contributed by atoms with Gasteiger partial charge >= 0.3 is 0 Å². The molecule has 0 saturated heterocycles. The Labute approximate surface area is 88.4 Å². The molecule has 0 amide bonds. The first-order chi connectivity index (χ1) is 6.79. The van der Waals surface area contributed by atoms with Crippen LogP contribution in [0.1, 0.15) is 52.4 Å². The molecule has 1 aliphatic carbocycles. The second-order valence-corrected chi connectivity index (χ2v) is 4.09. The largest absolute Gasteiger partial charge is 0.0988 e. The predicted octanol–water partition coefficient (Wildman–Crippen LogP) is 4.79. The second-order valence-electron chi connectivity index (χ2n) is 4.09. The molecule has 0 radical (unpaired) electrons. The first kappa shape index (κ1) is 11.3. The maximum atomic E-state index is 3.94. The van der Waals surface area contributed by atoms with Gasteiger partial charge < -0.3 is 0 Å². The van der Waals surface area contributed by atoms with Crippen molar-refractivity contribution in [3.8, 4) is 0 Å². The van der Waals surface area contributed by atoms with Gasteiger partial charge in [-0.15, -0.1) is 0 Å². The van der Waals surface area contributed by atoms with E-state index in [9.17, 15) is 0 Å². The van der Waals surface area contributed by atoms with Crippen molar-refractivity contribution < 1.29 is 0 Å². The first-order valence-electron chi connectivity index (χ1n) is 5.77. The van der Waals surface area contributed by atoms with Crippen LogP contribution in [0.25, 0.3) is 0 Å². The highest BCUT2D eigenvalue weighted by Gasteiger charge is 2.08. The maximum Gasteiger partial charge on any atom is -0.0274 e. The van der Waals surface area contributed by atoms with E-state index >= 15 is 0 Å². The summed E-state index contributed by atoms with van der Waals surface area (Å²) in [7, 11) is 0. The van der Waals surface area contributed by atoms with Crippen LogP contribution in [0.2, 0.25) is 0 Å². The molecule has 1 aliphatic rings. The third-order valence-corrected chi connectivity index (χ3v) is 3.17. The lowest BCUT2D eigenvalue weighted by Gasteiger charge is -2.16. The van der Waals surface area contributed by atoms with Gasteiger partial charge in [0.1, 0.15) is 0 Å². The van der Waals surface area contributed by atoms with Crippen molar-refractivity contribution in [3.63, 3.8) is 0 Å². The topological polar surface area (TPSA) is 0 Å². The van der Waals surface area contributed by atoms with Gasteiger partial charge in [0.25, 0.3) is 0 Å². The van der Waals surface area contributed by atoms with Crippen molar-refractivity contribution in [2.45, 2.75) is 52.4 Å². The van der Waals surface area contributed by atoms with Gasteiger partial charge in [0.05, 0.1) is 0 Å². The van der Waals surface area contributed by atoms with E-state index in [4.69, 9.17) is 0 Å². The summed E-state index contributed by atoms with van der Waals surface area (Å²) in [5.41, 5.74) is 4.49. The van der Waals surface area contributed by atoms with Crippen LogP contribution in [0.3, 0.4) is 0 Å². The minimum absolute atomic E-state index is 1.23. The zero-order valence-corrected chi connectivity index (χ0v) is 9.60.